The molecule has 1 aliphatic rings. The Kier molecular flexibility index (Phi) is 4.48. The predicted molar refractivity (Wildman–Crippen MR) is 72.4 cm³/mol. The van der Waals surface area contributed by atoms with Gasteiger partial charge in [0, 0.05) is 12.6 Å². The van der Waals surface area contributed by atoms with E-state index in [2.05, 4.69) is 18.0 Å². The summed E-state index contributed by atoms with van der Waals surface area (Å²) in [5.41, 5.74) is 7.87. The van der Waals surface area contributed by atoms with Crippen LogP contribution < -0.4 is 5.73 Å². The fourth-order valence-electron chi connectivity index (χ4n) is 2.60. The highest BCUT2D eigenvalue weighted by molar-refractivity contribution is 5.85. The van der Waals surface area contributed by atoms with Gasteiger partial charge in [0.2, 0.25) is 0 Å². The third-order valence-electron chi connectivity index (χ3n) is 3.87. The minimum Gasteiger partial charge on any atom is -0.330 e. The van der Waals surface area contributed by atoms with Gasteiger partial charge in [0.15, 0.2) is 0 Å². The molecule has 0 fully saturated rings. The lowest BCUT2D eigenvalue weighted by Crippen LogP contribution is -2.21. The summed E-state index contributed by atoms with van der Waals surface area (Å²) in [7, 11) is 0. The lowest BCUT2D eigenvalue weighted by atomic mass is 9.82. The van der Waals surface area contributed by atoms with E-state index in [1.54, 1.807) is 6.20 Å². The van der Waals surface area contributed by atoms with Crippen LogP contribution in [0.15, 0.2) is 18.3 Å². The van der Waals surface area contributed by atoms with E-state index >= 15 is 0 Å². The van der Waals surface area contributed by atoms with Crippen molar-refractivity contribution in [2.24, 2.45) is 11.7 Å². The molecule has 1 heterocycles. The van der Waals surface area contributed by atoms with Crippen LogP contribution in [0, 0.1) is 5.92 Å². The molecule has 0 bridgehead atoms. The van der Waals surface area contributed by atoms with E-state index in [1.165, 1.54) is 5.56 Å². The summed E-state index contributed by atoms with van der Waals surface area (Å²) in [6.07, 6.45) is 6.45. The summed E-state index contributed by atoms with van der Waals surface area (Å²) in [5, 5.41) is 0. The number of Topliss-reactive ketones (excluding diaryl/α,β-unsaturated/α-hetero) is 1. The molecule has 2 atom stereocenters. The molecule has 1 aromatic heterocycles. The van der Waals surface area contributed by atoms with Crippen LogP contribution in [0.25, 0.3) is 0 Å². The molecular formula is C15H22N2O. The topological polar surface area (TPSA) is 56.0 Å². The number of aryl methyl sites for hydroxylation is 1. The van der Waals surface area contributed by atoms with Crippen molar-refractivity contribution in [1.82, 2.24) is 4.98 Å². The Morgan fingerprint density at radius 1 is 1.61 bits per heavy atom. The number of fused-ring (bicyclic) bond motifs is 1. The first-order valence-electron chi connectivity index (χ1n) is 6.89. The van der Waals surface area contributed by atoms with Crippen LogP contribution in [0.3, 0.4) is 0 Å². The zero-order valence-electron chi connectivity index (χ0n) is 11.1. The molecule has 2 N–H and O–H groups in total. The third kappa shape index (κ3) is 2.96. The molecule has 0 radical (unpaired) electrons. The third-order valence-corrected chi connectivity index (χ3v) is 3.87. The molecule has 0 saturated carbocycles. The summed E-state index contributed by atoms with van der Waals surface area (Å²) < 4.78 is 0. The smallest absolute Gasteiger partial charge is 0.141 e. The second kappa shape index (κ2) is 6.10. The van der Waals surface area contributed by atoms with E-state index < -0.39 is 0 Å². The van der Waals surface area contributed by atoms with Crippen LogP contribution in [0.2, 0.25) is 0 Å². The quantitative estimate of drug-likeness (QED) is 0.868. The molecule has 0 aromatic carbocycles. The molecule has 0 aliphatic heterocycles. The zero-order valence-corrected chi connectivity index (χ0v) is 11.1. The van der Waals surface area contributed by atoms with E-state index in [0.717, 1.165) is 31.4 Å². The van der Waals surface area contributed by atoms with Crippen molar-refractivity contribution in [2.75, 3.05) is 6.54 Å². The average molecular weight is 246 g/mol. The lowest BCUT2D eigenvalue weighted by Gasteiger charge is -2.23. The number of hydrogen-bond acceptors (Lipinski definition) is 3. The Balaban J connectivity index is 2.04. The Hall–Kier alpha value is -1.22. The van der Waals surface area contributed by atoms with Crippen LogP contribution in [0.5, 0.6) is 0 Å². The second-order valence-electron chi connectivity index (χ2n) is 5.34. The van der Waals surface area contributed by atoms with Crippen molar-refractivity contribution in [3.05, 3.63) is 29.6 Å². The summed E-state index contributed by atoms with van der Waals surface area (Å²) in [6.45, 7) is 2.76. The van der Waals surface area contributed by atoms with E-state index in [9.17, 15) is 4.79 Å². The number of hydrogen-bond donors (Lipinski definition) is 1. The maximum atomic E-state index is 12.3. The van der Waals surface area contributed by atoms with E-state index in [-0.39, 0.29) is 5.92 Å². The fourth-order valence-corrected chi connectivity index (χ4v) is 2.60. The molecule has 0 spiro atoms. The van der Waals surface area contributed by atoms with E-state index in [0.29, 0.717) is 24.7 Å². The molecule has 0 saturated heterocycles. The molecule has 3 nitrogen and oxygen atoms in total. The molecule has 18 heavy (non-hydrogen) atoms. The number of carbonyl (C=O) groups excluding carboxylic acids is 1. The Morgan fingerprint density at radius 3 is 3.22 bits per heavy atom. The van der Waals surface area contributed by atoms with Crippen molar-refractivity contribution in [2.45, 2.75) is 44.9 Å². The number of aromatic nitrogens is 1. The first kappa shape index (κ1) is 13.2. The maximum absolute atomic E-state index is 12.3. The summed E-state index contributed by atoms with van der Waals surface area (Å²) in [4.78, 5) is 16.7. The van der Waals surface area contributed by atoms with Crippen molar-refractivity contribution >= 4 is 5.78 Å². The summed E-state index contributed by atoms with van der Waals surface area (Å²) in [5.74, 6) is 0.801. The summed E-state index contributed by atoms with van der Waals surface area (Å²) >= 11 is 0. The Labute approximate surface area is 109 Å². The molecule has 3 heteroatoms. The molecule has 1 aromatic rings. The highest BCUT2D eigenvalue weighted by Crippen LogP contribution is 2.31. The van der Waals surface area contributed by atoms with E-state index in [4.69, 9.17) is 5.73 Å². The number of nitrogens with two attached hydrogens (primary N) is 1. The van der Waals surface area contributed by atoms with Gasteiger partial charge in [0.05, 0.1) is 11.6 Å². The highest BCUT2D eigenvalue weighted by atomic mass is 16.1. The fraction of sp³-hybridized carbons (Fsp3) is 0.600. The zero-order chi connectivity index (χ0) is 13.0. The van der Waals surface area contributed by atoms with Gasteiger partial charge in [-0.1, -0.05) is 13.0 Å². The predicted octanol–water partition coefficient (Wildman–Crippen LogP) is 2.45. The lowest BCUT2D eigenvalue weighted by molar-refractivity contribution is -0.121. The second-order valence-corrected chi connectivity index (χ2v) is 5.34. The maximum Gasteiger partial charge on any atom is 0.141 e. The van der Waals surface area contributed by atoms with Crippen LogP contribution in [-0.4, -0.2) is 17.3 Å². The number of rotatable bonds is 5. The van der Waals surface area contributed by atoms with Crippen molar-refractivity contribution in [3.63, 3.8) is 0 Å². The molecule has 98 valence electrons. The van der Waals surface area contributed by atoms with Gasteiger partial charge in [-0.15, -0.1) is 0 Å². The number of pyridine rings is 1. The van der Waals surface area contributed by atoms with E-state index in [1.807, 2.05) is 6.07 Å². The number of carbonyl (C=O) groups is 1. The van der Waals surface area contributed by atoms with Gasteiger partial charge in [-0.2, -0.15) is 0 Å². The van der Waals surface area contributed by atoms with Gasteiger partial charge in [-0.05, 0) is 49.8 Å². The summed E-state index contributed by atoms with van der Waals surface area (Å²) in [6, 6.07) is 4.06. The van der Waals surface area contributed by atoms with Crippen LogP contribution in [-0.2, 0) is 11.2 Å². The van der Waals surface area contributed by atoms with Gasteiger partial charge >= 0.3 is 0 Å². The molecule has 1 aliphatic carbocycles. The molecule has 2 rings (SSSR count). The van der Waals surface area contributed by atoms with Crippen molar-refractivity contribution in [3.8, 4) is 0 Å². The van der Waals surface area contributed by atoms with Gasteiger partial charge in [-0.25, -0.2) is 0 Å². The van der Waals surface area contributed by atoms with Gasteiger partial charge in [-0.3, -0.25) is 9.78 Å². The van der Waals surface area contributed by atoms with Crippen LogP contribution in [0.4, 0.5) is 0 Å². The van der Waals surface area contributed by atoms with Gasteiger partial charge in [0.1, 0.15) is 5.78 Å². The Morgan fingerprint density at radius 2 is 2.44 bits per heavy atom. The monoisotopic (exact) mass is 246 g/mol. The Bertz CT molecular complexity index is 417. The van der Waals surface area contributed by atoms with Gasteiger partial charge < -0.3 is 5.73 Å². The minimum atomic E-state index is 0.0277. The minimum absolute atomic E-state index is 0.0277. The first-order valence-corrected chi connectivity index (χ1v) is 6.89. The molecule has 0 amide bonds. The molecular weight excluding hydrogens is 224 g/mol. The number of ketones is 1. The standard InChI is InChI=1S/C15H22N2O/c1-11(10-16)7-8-14(18)13-6-2-4-12-5-3-9-17-15(12)13/h3,5,9,11,13H,2,4,6-8,10,16H2,1H3. The van der Waals surface area contributed by atoms with Crippen LogP contribution >= 0.6 is 0 Å². The SMILES string of the molecule is CC(CN)CCC(=O)C1CCCc2cccnc21. The van der Waals surface area contributed by atoms with Gasteiger partial charge in [0.25, 0.3) is 0 Å². The largest absolute Gasteiger partial charge is 0.330 e. The average Bonchev–Trinajstić information content (AvgIpc) is 2.43. The highest BCUT2D eigenvalue weighted by Gasteiger charge is 2.27. The molecule has 2 unspecified atom stereocenters. The van der Waals surface area contributed by atoms with Crippen molar-refractivity contribution < 1.29 is 4.79 Å². The normalized spacial score (nSPS) is 20.2. The van der Waals surface area contributed by atoms with Crippen molar-refractivity contribution in [1.29, 1.82) is 0 Å². The number of nitrogens with zero attached hydrogens (tertiary/aromatic N) is 1. The first-order chi connectivity index (χ1) is 8.72. The van der Waals surface area contributed by atoms with Crippen LogP contribution in [0.1, 0.15) is 49.8 Å².